The van der Waals surface area contributed by atoms with Gasteiger partial charge in [0, 0.05) is 23.9 Å². The number of rotatable bonds is 6. The van der Waals surface area contributed by atoms with E-state index in [1.807, 2.05) is 0 Å². The molecule has 4 heterocycles. The predicted octanol–water partition coefficient (Wildman–Crippen LogP) is 4.15. The van der Waals surface area contributed by atoms with Crippen molar-refractivity contribution in [1.29, 1.82) is 0 Å². The molecule has 1 aliphatic carbocycles. The van der Waals surface area contributed by atoms with E-state index in [1.165, 1.54) is 12.3 Å². The number of carbonyl (C=O) groups excluding carboxylic acids is 1. The molecule has 5 rings (SSSR count). The van der Waals surface area contributed by atoms with Crippen molar-refractivity contribution in [3.05, 3.63) is 60.2 Å². The van der Waals surface area contributed by atoms with Gasteiger partial charge in [0.15, 0.2) is 0 Å². The Morgan fingerprint density at radius 2 is 1.82 bits per heavy atom. The van der Waals surface area contributed by atoms with Gasteiger partial charge in [-0.05, 0) is 37.1 Å². The molecule has 168 valence electrons. The van der Waals surface area contributed by atoms with Crippen LogP contribution in [0.3, 0.4) is 0 Å². The Morgan fingerprint density at radius 3 is 2.55 bits per heavy atom. The number of pyridine rings is 3. The maximum absolute atomic E-state index is 12.7. The van der Waals surface area contributed by atoms with E-state index in [0.29, 0.717) is 39.9 Å². The molecule has 4 aromatic heterocycles. The van der Waals surface area contributed by atoms with Crippen molar-refractivity contribution >= 4 is 40.2 Å². The summed E-state index contributed by atoms with van der Waals surface area (Å²) in [7, 11) is 0. The predicted molar refractivity (Wildman–Crippen MR) is 114 cm³/mol. The average Bonchev–Trinajstić information content (AvgIpc) is 3.50. The molecule has 0 saturated heterocycles. The highest BCUT2D eigenvalue weighted by molar-refractivity contribution is 5.95. The summed E-state index contributed by atoms with van der Waals surface area (Å²) in [5, 5.41) is 8.85. The second-order valence-electron chi connectivity index (χ2n) is 7.53. The van der Waals surface area contributed by atoms with Crippen LogP contribution < -0.4 is 16.0 Å². The Hall–Kier alpha value is -4.22. The van der Waals surface area contributed by atoms with E-state index in [4.69, 9.17) is 0 Å². The standard InChI is InChI=1S/C21H17F3N8O/c22-21(23,24)16-4-3-13(9-26-16)28-18-8-14-15(10-27-18)31-20(30-14)32-17-7-11(5-6-25-17)19(33)29-12-1-2-12/h3-10,12H,1-2H2,(H,27,28)(H,29,33)(H2,25,30,31,32). The van der Waals surface area contributed by atoms with Crippen molar-refractivity contribution in [1.82, 2.24) is 30.2 Å². The van der Waals surface area contributed by atoms with E-state index in [2.05, 4.69) is 40.9 Å². The highest BCUT2D eigenvalue weighted by Crippen LogP contribution is 2.28. The topological polar surface area (TPSA) is 121 Å². The summed E-state index contributed by atoms with van der Waals surface area (Å²) in [6, 6.07) is 7.33. The van der Waals surface area contributed by atoms with E-state index < -0.39 is 11.9 Å². The van der Waals surface area contributed by atoms with Gasteiger partial charge in [-0.1, -0.05) is 0 Å². The Kier molecular flexibility index (Phi) is 5.04. The zero-order valence-corrected chi connectivity index (χ0v) is 16.9. The number of amides is 1. The molecule has 33 heavy (non-hydrogen) atoms. The van der Waals surface area contributed by atoms with Crippen LogP contribution in [0.15, 0.2) is 48.9 Å². The Balaban J connectivity index is 1.30. The monoisotopic (exact) mass is 454 g/mol. The third-order valence-electron chi connectivity index (χ3n) is 4.87. The molecule has 1 fully saturated rings. The van der Waals surface area contributed by atoms with Gasteiger partial charge in [-0.2, -0.15) is 13.2 Å². The van der Waals surface area contributed by atoms with Gasteiger partial charge in [-0.3, -0.25) is 4.79 Å². The normalized spacial score (nSPS) is 13.7. The lowest BCUT2D eigenvalue weighted by Gasteiger charge is -2.08. The quantitative estimate of drug-likeness (QED) is 0.345. The van der Waals surface area contributed by atoms with Crippen LogP contribution >= 0.6 is 0 Å². The van der Waals surface area contributed by atoms with E-state index in [-0.39, 0.29) is 11.9 Å². The molecule has 1 aliphatic rings. The highest BCUT2D eigenvalue weighted by Gasteiger charge is 2.32. The lowest BCUT2D eigenvalue weighted by atomic mass is 10.2. The minimum atomic E-state index is -4.50. The number of carbonyl (C=O) groups is 1. The molecular weight excluding hydrogens is 437 g/mol. The average molecular weight is 454 g/mol. The Morgan fingerprint density at radius 1 is 1.00 bits per heavy atom. The largest absolute Gasteiger partial charge is 0.433 e. The molecule has 1 saturated carbocycles. The number of nitrogens with zero attached hydrogens (tertiary/aromatic N) is 4. The van der Waals surface area contributed by atoms with Crippen molar-refractivity contribution in [2.75, 3.05) is 10.6 Å². The zero-order valence-electron chi connectivity index (χ0n) is 16.9. The van der Waals surface area contributed by atoms with Crippen molar-refractivity contribution in [3.63, 3.8) is 0 Å². The molecule has 0 atom stereocenters. The molecule has 12 heteroatoms. The van der Waals surface area contributed by atoms with E-state index in [9.17, 15) is 18.0 Å². The third kappa shape index (κ3) is 4.84. The van der Waals surface area contributed by atoms with Crippen molar-refractivity contribution in [2.45, 2.75) is 25.1 Å². The van der Waals surface area contributed by atoms with Crippen LogP contribution in [0.5, 0.6) is 0 Å². The van der Waals surface area contributed by atoms with Gasteiger partial charge in [0.1, 0.15) is 17.3 Å². The molecule has 0 spiro atoms. The SMILES string of the molecule is O=C(NC1CC1)c1ccnc(Nc2nc3cc(Nc4ccc(C(F)(F)F)nc4)ncc3[nH]2)c1. The number of alkyl halides is 3. The zero-order chi connectivity index (χ0) is 23.0. The summed E-state index contributed by atoms with van der Waals surface area (Å²) in [6.07, 6.45) is 1.67. The third-order valence-corrected chi connectivity index (χ3v) is 4.87. The lowest BCUT2D eigenvalue weighted by Crippen LogP contribution is -2.25. The minimum Gasteiger partial charge on any atom is -0.349 e. The van der Waals surface area contributed by atoms with Crippen LogP contribution in [0.1, 0.15) is 28.9 Å². The maximum atomic E-state index is 12.7. The number of hydrogen-bond acceptors (Lipinski definition) is 7. The summed E-state index contributed by atoms with van der Waals surface area (Å²) in [5.41, 5.74) is 1.08. The molecule has 4 N–H and O–H groups in total. The molecule has 0 aromatic carbocycles. The first-order chi connectivity index (χ1) is 15.8. The van der Waals surface area contributed by atoms with E-state index >= 15 is 0 Å². The number of hydrogen-bond donors (Lipinski definition) is 4. The van der Waals surface area contributed by atoms with Crippen LogP contribution in [-0.4, -0.2) is 36.9 Å². The number of H-pyrrole nitrogens is 1. The molecular formula is C21H17F3N8O. The van der Waals surface area contributed by atoms with Gasteiger partial charge in [0.25, 0.3) is 5.91 Å². The number of halogens is 3. The maximum Gasteiger partial charge on any atom is 0.433 e. The summed E-state index contributed by atoms with van der Waals surface area (Å²) in [5.74, 6) is 1.08. The van der Waals surface area contributed by atoms with Gasteiger partial charge in [0.2, 0.25) is 5.95 Å². The van der Waals surface area contributed by atoms with Gasteiger partial charge < -0.3 is 20.9 Å². The van der Waals surface area contributed by atoms with Crippen LogP contribution in [0.4, 0.5) is 36.4 Å². The van der Waals surface area contributed by atoms with Crippen LogP contribution in [-0.2, 0) is 6.18 Å². The number of fused-ring (bicyclic) bond motifs is 1. The van der Waals surface area contributed by atoms with Crippen LogP contribution in [0, 0.1) is 0 Å². The second-order valence-corrected chi connectivity index (χ2v) is 7.53. The van der Waals surface area contributed by atoms with Gasteiger partial charge in [0.05, 0.1) is 29.1 Å². The number of nitrogens with one attached hydrogen (secondary N) is 4. The second kappa shape index (κ2) is 8.04. The molecule has 0 bridgehead atoms. The lowest BCUT2D eigenvalue weighted by molar-refractivity contribution is -0.141. The summed E-state index contributed by atoms with van der Waals surface area (Å²) in [4.78, 5) is 31.6. The fraction of sp³-hybridized carbons (Fsp3) is 0.190. The summed E-state index contributed by atoms with van der Waals surface area (Å²) < 4.78 is 38.0. The van der Waals surface area contributed by atoms with Gasteiger partial charge in [-0.15, -0.1) is 0 Å². The Labute approximate surface area is 184 Å². The van der Waals surface area contributed by atoms with Crippen molar-refractivity contribution in [2.24, 2.45) is 0 Å². The van der Waals surface area contributed by atoms with Crippen LogP contribution in [0.2, 0.25) is 0 Å². The molecule has 0 radical (unpaired) electrons. The molecule has 9 nitrogen and oxygen atoms in total. The Bertz CT molecular complexity index is 1320. The summed E-state index contributed by atoms with van der Waals surface area (Å²) >= 11 is 0. The van der Waals surface area contributed by atoms with E-state index in [1.54, 1.807) is 24.4 Å². The van der Waals surface area contributed by atoms with Gasteiger partial charge in [-0.25, -0.2) is 19.9 Å². The van der Waals surface area contributed by atoms with Gasteiger partial charge >= 0.3 is 6.18 Å². The minimum absolute atomic E-state index is 0.148. The smallest absolute Gasteiger partial charge is 0.349 e. The number of aromatic amines is 1. The summed E-state index contributed by atoms with van der Waals surface area (Å²) in [6.45, 7) is 0. The molecule has 0 aliphatic heterocycles. The molecule has 1 amide bonds. The number of anilines is 4. The first-order valence-corrected chi connectivity index (χ1v) is 10.0. The molecule has 0 unspecified atom stereocenters. The number of imidazole rings is 1. The highest BCUT2D eigenvalue weighted by atomic mass is 19.4. The van der Waals surface area contributed by atoms with Crippen LogP contribution in [0.25, 0.3) is 11.0 Å². The fourth-order valence-corrected chi connectivity index (χ4v) is 3.08. The van der Waals surface area contributed by atoms with E-state index in [0.717, 1.165) is 25.1 Å². The van der Waals surface area contributed by atoms with Crippen molar-refractivity contribution in [3.8, 4) is 0 Å². The van der Waals surface area contributed by atoms with Crippen molar-refractivity contribution < 1.29 is 18.0 Å². The molecule has 4 aromatic rings. The number of aromatic nitrogens is 5. The fourth-order valence-electron chi connectivity index (χ4n) is 3.08. The first-order valence-electron chi connectivity index (χ1n) is 10.0. The first kappa shape index (κ1) is 20.7.